The number of ether oxygens (including phenoxy) is 1. The van der Waals surface area contributed by atoms with Crippen molar-refractivity contribution in [2.75, 3.05) is 32.5 Å². The zero-order valence-electron chi connectivity index (χ0n) is 9.52. The van der Waals surface area contributed by atoms with Gasteiger partial charge in [-0.15, -0.1) is 0 Å². The second kappa shape index (κ2) is 6.70. The highest BCUT2D eigenvalue weighted by Crippen LogP contribution is 2.12. The lowest BCUT2D eigenvalue weighted by atomic mass is 10.3. The van der Waals surface area contributed by atoms with Crippen LogP contribution in [0.1, 0.15) is 6.42 Å². The van der Waals surface area contributed by atoms with Crippen molar-refractivity contribution in [2.45, 2.75) is 6.42 Å². The predicted octanol–water partition coefficient (Wildman–Crippen LogP) is 1.49. The maximum Gasteiger partial charge on any atom is 0.119 e. The molecule has 0 unspecified atom stereocenters. The zero-order chi connectivity index (χ0) is 11.8. The van der Waals surface area contributed by atoms with Crippen molar-refractivity contribution in [1.29, 1.82) is 5.26 Å². The van der Waals surface area contributed by atoms with E-state index in [0.717, 1.165) is 24.5 Å². The van der Waals surface area contributed by atoms with Crippen molar-refractivity contribution in [3.63, 3.8) is 0 Å². The van der Waals surface area contributed by atoms with Crippen LogP contribution in [0, 0.1) is 11.3 Å². The summed E-state index contributed by atoms with van der Waals surface area (Å²) < 4.78 is 5.53. The number of nitrogens with two attached hydrogens (primary N) is 1. The number of nitrogen functional groups attached to an aromatic ring is 1. The number of nitriles is 1. The molecule has 0 atom stereocenters. The van der Waals surface area contributed by atoms with Crippen molar-refractivity contribution in [3.8, 4) is 11.8 Å². The number of benzene rings is 1. The summed E-state index contributed by atoms with van der Waals surface area (Å²) in [7, 11) is 1.98. The quantitative estimate of drug-likeness (QED) is 0.736. The third-order valence-electron chi connectivity index (χ3n) is 2.23. The Bertz CT molecular complexity index is 342. The van der Waals surface area contributed by atoms with Crippen molar-refractivity contribution in [3.05, 3.63) is 24.3 Å². The average molecular weight is 219 g/mol. The van der Waals surface area contributed by atoms with Gasteiger partial charge in [0.1, 0.15) is 12.4 Å². The van der Waals surface area contributed by atoms with Crippen molar-refractivity contribution in [1.82, 2.24) is 4.90 Å². The van der Waals surface area contributed by atoms with Crippen LogP contribution in [0.25, 0.3) is 0 Å². The van der Waals surface area contributed by atoms with Crippen molar-refractivity contribution < 1.29 is 4.74 Å². The third kappa shape index (κ3) is 4.67. The van der Waals surface area contributed by atoms with Crippen LogP contribution in [0.15, 0.2) is 24.3 Å². The molecule has 1 aromatic rings. The van der Waals surface area contributed by atoms with Crippen molar-refractivity contribution in [2.24, 2.45) is 0 Å². The van der Waals surface area contributed by atoms with E-state index >= 15 is 0 Å². The van der Waals surface area contributed by atoms with Crippen molar-refractivity contribution >= 4 is 5.69 Å². The smallest absolute Gasteiger partial charge is 0.119 e. The second-order valence-corrected chi connectivity index (χ2v) is 3.63. The standard InChI is InChI=1S/C12H17N3O/c1-15(8-2-7-13)9-10-16-12-5-3-11(14)4-6-12/h3-6H,2,8-10,14H2,1H3. The number of rotatable bonds is 6. The van der Waals surface area contributed by atoms with E-state index in [2.05, 4.69) is 11.0 Å². The fourth-order valence-corrected chi connectivity index (χ4v) is 1.24. The van der Waals surface area contributed by atoms with Crippen LogP contribution < -0.4 is 10.5 Å². The molecule has 0 aliphatic rings. The Hall–Kier alpha value is -1.73. The van der Waals surface area contributed by atoms with E-state index in [4.69, 9.17) is 15.7 Å². The van der Waals surface area contributed by atoms with Gasteiger partial charge in [-0.1, -0.05) is 0 Å². The van der Waals surface area contributed by atoms with E-state index in [-0.39, 0.29) is 0 Å². The molecular formula is C12H17N3O. The van der Waals surface area contributed by atoms with Gasteiger partial charge < -0.3 is 15.4 Å². The third-order valence-corrected chi connectivity index (χ3v) is 2.23. The van der Waals surface area contributed by atoms with E-state index in [1.54, 1.807) is 0 Å². The highest BCUT2D eigenvalue weighted by Gasteiger charge is 1.98. The number of nitrogens with zero attached hydrogens (tertiary/aromatic N) is 2. The SMILES string of the molecule is CN(CCC#N)CCOc1ccc(N)cc1. The first-order valence-corrected chi connectivity index (χ1v) is 5.26. The average Bonchev–Trinajstić information content (AvgIpc) is 2.29. The lowest BCUT2D eigenvalue weighted by Gasteiger charge is -2.15. The number of hydrogen-bond donors (Lipinski definition) is 1. The van der Waals surface area contributed by atoms with Crippen LogP contribution >= 0.6 is 0 Å². The normalized spacial score (nSPS) is 10.1. The van der Waals surface area contributed by atoms with Crippen LogP contribution in [0.4, 0.5) is 5.69 Å². The highest BCUT2D eigenvalue weighted by molar-refractivity contribution is 5.41. The Labute approximate surface area is 96.2 Å². The molecule has 0 amide bonds. The summed E-state index contributed by atoms with van der Waals surface area (Å²) in [5.74, 6) is 0.822. The molecule has 16 heavy (non-hydrogen) atoms. The predicted molar refractivity (Wildman–Crippen MR) is 64.1 cm³/mol. The molecule has 4 nitrogen and oxygen atoms in total. The maximum absolute atomic E-state index is 8.42. The molecule has 0 spiro atoms. The van der Waals surface area contributed by atoms with Gasteiger partial charge in [-0.05, 0) is 31.3 Å². The summed E-state index contributed by atoms with van der Waals surface area (Å²) in [5.41, 5.74) is 6.30. The molecule has 0 saturated heterocycles. The molecule has 0 saturated carbocycles. The van der Waals surface area contributed by atoms with Gasteiger partial charge in [0, 0.05) is 25.2 Å². The largest absolute Gasteiger partial charge is 0.492 e. The van der Waals surface area contributed by atoms with Gasteiger partial charge in [-0.2, -0.15) is 5.26 Å². The molecule has 2 N–H and O–H groups in total. The molecule has 0 fully saturated rings. The molecule has 0 bridgehead atoms. The first-order chi connectivity index (χ1) is 7.72. The van der Waals surface area contributed by atoms with E-state index in [1.807, 2.05) is 31.3 Å². The first kappa shape index (κ1) is 12.3. The zero-order valence-corrected chi connectivity index (χ0v) is 9.52. The van der Waals surface area contributed by atoms with E-state index < -0.39 is 0 Å². The minimum absolute atomic E-state index is 0.554. The molecule has 0 radical (unpaired) electrons. The van der Waals surface area contributed by atoms with E-state index in [0.29, 0.717) is 13.0 Å². The molecule has 4 heteroatoms. The fourth-order valence-electron chi connectivity index (χ4n) is 1.24. The first-order valence-electron chi connectivity index (χ1n) is 5.26. The molecule has 86 valence electrons. The van der Waals surface area contributed by atoms with Crippen LogP contribution in [0.3, 0.4) is 0 Å². The van der Waals surface area contributed by atoms with E-state index in [1.165, 1.54) is 0 Å². The van der Waals surface area contributed by atoms with Gasteiger partial charge >= 0.3 is 0 Å². The summed E-state index contributed by atoms with van der Waals surface area (Å²) >= 11 is 0. The second-order valence-electron chi connectivity index (χ2n) is 3.63. The molecule has 0 heterocycles. The van der Waals surface area contributed by atoms with Crippen LogP contribution in [-0.4, -0.2) is 31.6 Å². The fraction of sp³-hybridized carbons (Fsp3) is 0.417. The van der Waals surface area contributed by atoms with E-state index in [9.17, 15) is 0 Å². The maximum atomic E-state index is 8.42. The molecule has 0 aliphatic heterocycles. The van der Waals surface area contributed by atoms with Crippen LogP contribution in [0.2, 0.25) is 0 Å². The summed E-state index contributed by atoms with van der Waals surface area (Å²) in [6.07, 6.45) is 0.554. The minimum atomic E-state index is 0.554. The lowest BCUT2D eigenvalue weighted by Crippen LogP contribution is -2.25. The van der Waals surface area contributed by atoms with Gasteiger partial charge in [0.25, 0.3) is 0 Å². The Morgan fingerprint density at radius 2 is 2.00 bits per heavy atom. The Kier molecular flexibility index (Phi) is 5.17. The number of anilines is 1. The summed E-state index contributed by atoms with van der Waals surface area (Å²) in [5, 5.41) is 8.42. The lowest BCUT2D eigenvalue weighted by molar-refractivity contribution is 0.240. The van der Waals surface area contributed by atoms with Gasteiger partial charge in [0.2, 0.25) is 0 Å². The van der Waals surface area contributed by atoms with Crippen LogP contribution in [-0.2, 0) is 0 Å². The monoisotopic (exact) mass is 219 g/mol. The summed E-state index contributed by atoms with van der Waals surface area (Å²) in [6, 6.07) is 9.45. The van der Waals surface area contributed by atoms with Crippen LogP contribution in [0.5, 0.6) is 5.75 Å². The van der Waals surface area contributed by atoms with Gasteiger partial charge in [0.05, 0.1) is 6.07 Å². The molecular weight excluding hydrogens is 202 g/mol. The molecule has 1 rings (SSSR count). The van der Waals surface area contributed by atoms with Gasteiger partial charge in [0.15, 0.2) is 0 Å². The summed E-state index contributed by atoms with van der Waals surface area (Å²) in [4.78, 5) is 2.07. The Balaban J connectivity index is 2.20. The van der Waals surface area contributed by atoms with Gasteiger partial charge in [-0.25, -0.2) is 0 Å². The minimum Gasteiger partial charge on any atom is -0.492 e. The molecule has 0 aromatic heterocycles. The topological polar surface area (TPSA) is 62.3 Å². The Morgan fingerprint density at radius 3 is 2.62 bits per heavy atom. The Morgan fingerprint density at radius 1 is 1.31 bits per heavy atom. The number of hydrogen-bond acceptors (Lipinski definition) is 4. The highest BCUT2D eigenvalue weighted by atomic mass is 16.5. The molecule has 0 aliphatic carbocycles. The summed E-state index contributed by atoms with van der Waals surface area (Å²) in [6.45, 7) is 2.21. The number of likely N-dealkylation sites (N-methyl/N-ethyl adjacent to an activating group) is 1. The molecule has 1 aromatic carbocycles. The van der Waals surface area contributed by atoms with Gasteiger partial charge in [-0.3, -0.25) is 0 Å².